The number of amides is 1. The Labute approximate surface area is 128 Å². The molecule has 2 N–H and O–H groups in total. The normalized spacial score (nSPS) is 18.0. The fourth-order valence-electron chi connectivity index (χ4n) is 3.07. The number of hydrogen-bond donors (Lipinski definition) is 2. The van der Waals surface area contributed by atoms with Crippen molar-refractivity contribution in [2.24, 2.45) is 5.41 Å². The molecule has 21 heavy (non-hydrogen) atoms. The van der Waals surface area contributed by atoms with E-state index in [9.17, 15) is 9.59 Å². The highest BCUT2D eigenvalue weighted by Crippen LogP contribution is 2.42. The van der Waals surface area contributed by atoms with Crippen LogP contribution in [0.4, 0.5) is 0 Å². The summed E-state index contributed by atoms with van der Waals surface area (Å²) in [6, 6.07) is 0.457. The van der Waals surface area contributed by atoms with Crippen LogP contribution in [-0.2, 0) is 9.59 Å². The van der Waals surface area contributed by atoms with Crippen molar-refractivity contribution >= 4 is 11.9 Å². The molecular weight excluding hydrogens is 268 g/mol. The van der Waals surface area contributed by atoms with Crippen LogP contribution in [0, 0.1) is 5.41 Å². The van der Waals surface area contributed by atoms with E-state index in [-0.39, 0.29) is 17.7 Å². The van der Waals surface area contributed by atoms with E-state index in [1.54, 1.807) is 0 Å². The molecule has 0 radical (unpaired) electrons. The highest BCUT2D eigenvalue weighted by Gasteiger charge is 2.36. The number of carboxylic acids is 1. The minimum absolute atomic E-state index is 0.00435. The third kappa shape index (κ3) is 6.46. The van der Waals surface area contributed by atoms with Crippen LogP contribution in [0.3, 0.4) is 0 Å². The van der Waals surface area contributed by atoms with Crippen LogP contribution in [0.25, 0.3) is 0 Å². The van der Waals surface area contributed by atoms with Crippen molar-refractivity contribution in [1.29, 1.82) is 0 Å². The maximum Gasteiger partial charge on any atom is 0.303 e. The zero-order valence-corrected chi connectivity index (χ0v) is 13.7. The van der Waals surface area contributed by atoms with Crippen molar-refractivity contribution < 1.29 is 14.7 Å². The van der Waals surface area contributed by atoms with E-state index in [0.29, 0.717) is 19.0 Å². The zero-order valence-electron chi connectivity index (χ0n) is 13.7. The topological polar surface area (TPSA) is 69.6 Å². The highest BCUT2D eigenvalue weighted by atomic mass is 16.4. The second kappa shape index (κ2) is 8.37. The van der Waals surface area contributed by atoms with E-state index in [1.165, 1.54) is 0 Å². The summed E-state index contributed by atoms with van der Waals surface area (Å²) in [5.41, 5.74) is -0.321. The minimum Gasteiger partial charge on any atom is -0.481 e. The smallest absolute Gasteiger partial charge is 0.303 e. The van der Waals surface area contributed by atoms with Gasteiger partial charge in [-0.25, -0.2) is 0 Å². The first-order valence-corrected chi connectivity index (χ1v) is 8.03. The van der Waals surface area contributed by atoms with Gasteiger partial charge in [0.15, 0.2) is 0 Å². The minimum atomic E-state index is -0.788. The quantitative estimate of drug-likeness (QED) is 0.721. The van der Waals surface area contributed by atoms with Crippen LogP contribution in [-0.4, -0.2) is 48.1 Å². The maximum atomic E-state index is 12.1. The van der Waals surface area contributed by atoms with Crippen molar-refractivity contribution in [3.8, 4) is 0 Å². The SMILES string of the molecule is CC(C)N(C)CCNC(=O)CC1(CC(=O)O)CCCCC1. The average Bonchev–Trinajstić information content (AvgIpc) is 2.38. The first-order chi connectivity index (χ1) is 9.84. The number of carboxylic acid groups (broad SMARTS) is 1. The van der Waals surface area contributed by atoms with E-state index in [1.807, 2.05) is 7.05 Å². The van der Waals surface area contributed by atoms with Gasteiger partial charge in [0.25, 0.3) is 0 Å². The zero-order chi connectivity index (χ0) is 15.9. The van der Waals surface area contributed by atoms with E-state index in [4.69, 9.17) is 5.11 Å². The van der Waals surface area contributed by atoms with Gasteiger partial charge in [0.1, 0.15) is 0 Å². The first kappa shape index (κ1) is 18.0. The van der Waals surface area contributed by atoms with Gasteiger partial charge in [-0.1, -0.05) is 19.3 Å². The second-order valence-electron chi connectivity index (χ2n) is 6.73. The van der Waals surface area contributed by atoms with Crippen LogP contribution in [0.15, 0.2) is 0 Å². The lowest BCUT2D eigenvalue weighted by atomic mass is 9.69. The maximum absolute atomic E-state index is 12.1. The largest absolute Gasteiger partial charge is 0.481 e. The van der Waals surface area contributed by atoms with Gasteiger partial charge in [-0.05, 0) is 39.2 Å². The lowest BCUT2D eigenvalue weighted by Crippen LogP contribution is -2.39. The Morgan fingerprint density at radius 1 is 1.19 bits per heavy atom. The molecule has 1 fully saturated rings. The lowest BCUT2D eigenvalue weighted by molar-refractivity contribution is -0.141. The van der Waals surface area contributed by atoms with Crippen molar-refractivity contribution in [3.63, 3.8) is 0 Å². The second-order valence-corrected chi connectivity index (χ2v) is 6.73. The van der Waals surface area contributed by atoms with Crippen LogP contribution in [0.5, 0.6) is 0 Å². The van der Waals surface area contributed by atoms with Gasteiger partial charge in [-0.2, -0.15) is 0 Å². The number of rotatable bonds is 8. The molecule has 1 rings (SSSR count). The van der Waals surface area contributed by atoms with Crippen LogP contribution >= 0.6 is 0 Å². The molecule has 0 atom stereocenters. The fraction of sp³-hybridized carbons (Fsp3) is 0.875. The number of likely N-dealkylation sites (N-methyl/N-ethyl adjacent to an activating group) is 1. The van der Waals surface area contributed by atoms with Gasteiger partial charge in [-0.3, -0.25) is 9.59 Å². The molecule has 1 amide bonds. The van der Waals surface area contributed by atoms with Gasteiger partial charge in [0, 0.05) is 25.6 Å². The number of hydrogen-bond acceptors (Lipinski definition) is 3. The molecule has 0 aromatic rings. The molecule has 0 heterocycles. The van der Waals surface area contributed by atoms with Crippen molar-refractivity contribution in [2.75, 3.05) is 20.1 Å². The molecular formula is C16H30N2O3. The Morgan fingerprint density at radius 3 is 2.33 bits per heavy atom. The molecule has 5 heteroatoms. The summed E-state index contributed by atoms with van der Waals surface area (Å²) in [4.78, 5) is 25.4. The number of carbonyl (C=O) groups excluding carboxylic acids is 1. The molecule has 0 aliphatic heterocycles. The lowest BCUT2D eigenvalue weighted by Gasteiger charge is -2.35. The predicted molar refractivity (Wildman–Crippen MR) is 83.2 cm³/mol. The molecule has 1 saturated carbocycles. The summed E-state index contributed by atoms with van der Waals surface area (Å²) in [6.07, 6.45) is 5.42. The number of aliphatic carboxylic acids is 1. The van der Waals surface area contributed by atoms with Gasteiger partial charge < -0.3 is 15.3 Å². The summed E-state index contributed by atoms with van der Waals surface area (Å²) < 4.78 is 0. The Kier molecular flexibility index (Phi) is 7.15. The average molecular weight is 298 g/mol. The fourth-order valence-corrected chi connectivity index (χ4v) is 3.07. The van der Waals surface area contributed by atoms with Crippen LogP contribution in [0.2, 0.25) is 0 Å². The van der Waals surface area contributed by atoms with Gasteiger partial charge in [-0.15, -0.1) is 0 Å². The summed E-state index contributed by atoms with van der Waals surface area (Å²) in [5.74, 6) is -0.792. The van der Waals surface area contributed by atoms with Crippen LogP contribution in [0.1, 0.15) is 58.8 Å². The molecule has 1 aliphatic carbocycles. The Bertz CT molecular complexity index is 349. The monoisotopic (exact) mass is 298 g/mol. The van der Waals surface area contributed by atoms with Gasteiger partial charge in [0.2, 0.25) is 5.91 Å². The Morgan fingerprint density at radius 2 is 1.81 bits per heavy atom. The van der Waals surface area contributed by atoms with Gasteiger partial charge >= 0.3 is 5.97 Å². The van der Waals surface area contributed by atoms with Gasteiger partial charge in [0.05, 0.1) is 6.42 Å². The molecule has 1 aliphatic rings. The highest BCUT2D eigenvalue weighted by molar-refractivity contribution is 5.78. The molecule has 0 saturated heterocycles. The predicted octanol–water partition coefficient (Wildman–Crippen LogP) is 2.26. The van der Waals surface area contributed by atoms with E-state index >= 15 is 0 Å². The summed E-state index contributed by atoms with van der Waals surface area (Å²) in [6.45, 7) is 5.67. The van der Waals surface area contributed by atoms with E-state index in [2.05, 4.69) is 24.1 Å². The Hall–Kier alpha value is -1.10. The van der Waals surface area contributed by atoms with Crippen molar-refractivity contribution in [3.05, 3.63) is 0 Å². The number of carbonyl (C=O) groups is 2. The molecule has 0 bridgehead atoms. The molecule has 0 unspecified atom stereocenters. The third-order valence-electron chi connectivity index (χ3n) is 4.64. The standard InChI is InChI=1S/C16H30N2O3/c1-13(2)18(3)10-9-17-14(19)11-16(12-15(20)21)7-5-4-6-8-16/h13H,4-12H2,1-3H3,(H,17,19)(H,20,21). The first-order valence-electron chi connectivity index (χ1n) is 8.03. The Balaban J connectivity index is 2.43. The summed E-state index contributed by atoms with van der Waals surface area (Å²) in [7, 11) is 2.03. The molecule has 0 aromatic heterocycles. The summed E-state index contributed by atoms with van der Waals surface area (Å²) >= 11 is 0. The molecule has 5 nitrogen and oxygen atoms in total. The third-order valence-corrected chi connectivity index (χ3v) is 4.64. The molecule has 122 valence electrons. The van der Waals surface area contributed by atoms with E-state index in [0.717, 1.165) is 38.6 Å². The molecule has 0 aromatic carbocycles. The van der Waals surface area contributed by atoms with Crippen molar-refractivity contribution in [2.45, 2.75) is 64.8 Å². The van der Waals surface area contributed by atoms with Crippen LogP contribution < -0.4 is 5.32 Å². The van der Waals surface area contributed by atoms with E-state index < -0.39 is 5.97 Å². The molecule has 0 spiro atoms. The number of nitrogens with zero attached hydrogens (tertiary/aromatic N) is 1. The van der Waals surface area contributed by atoms with Crippen molar-refractivity contribution in [1.82, 2.24) is 10.2 Å². The number of nitrogens with one attached hydrogen (secondary N) is 1. The summed E-state index contributed by atoms with van der Waals surface area (Å²) in [5, 5.41) is 12.1.